The molecule has 8 aromatic rings. The lowest BCUT2D eigenvalue weighted by molar-refractivity contribution is 1.13. The highest BCUT2D eigenvalue weighted by Gasteiger charge is 2.20. The molecule has 8 aromatic heterocycles. The second-order valence-electron chi connectivity index (χ2n) is 10.4. The Hall–Kier alpha value is -6.56. The van der Waals surface area contributed by atoms with Gasteiger partial charge in [0.2, 0.25) is 0 Å². The molecule has 0 radical (unpaired) electrons. The van der Waals surface area contributed by atoms with Gasteiger partial charge in [0.25, 0.3) is 0 Å². The van der Waals surface area contributed by atoms with E-state index in [1.54, 1.807) is 24.8 Å². The van der Waals surface area contributed by atoms with Crippen molar-refractivity contribution in [3.05, 3.63) is 166 Å². The Morgan fingerprint density at radius 3 is 0.818 bits per heavy atom. The van der Waals surface area contributed by atoms with Crippen molar-refractivity contribution in [1.82, 2.24) is 59.8 Å². The van der Waals surface area contributed by atoms with Crippen LogP contribution in [0.15, 0.2) is 98.1 Å². The number of hydrogen-bond acceptors (Lipinski definition) is 4. The fourth-order valence-electron chi connectivity index (χ4n) is 5.96. The highest BCUT2D eigenvalue weighted by molar-refractivity contribution is 5.81. The number of nitrogens with zero attached hydrogens (tertiary/aromatic N) is 4. The molecule has 0 aliphatic carbocycles. The van der Waals surface area contributed by atoms with E-state index in [2.05, 4.69) is 108 Å². The summed E-state index contributed by atoms with van der Waals surface area (Å²) < 4.78 is 0. The smallest absolute Gasteiger partial charge is 0.141 e. The summed E-state index contributed by atoms with van der Waals surface area (Å²) in [6.45, 7) is 0. The molecule has 12 heteroatoms. The highest BCUT2D eigenvalue weighted by Crippen LogP contribution is 2.24. The molecule has 1 aliphatic rings. The Morgan fingerprint density at radius 2 is 0.591 bits per heavy atom. The summed E-state index contributed by atoms with van der Waals surface area (Å²) in [5.41, 5.74) is 7.11. The van der Waals surface area contributed by atoms with E-state index in [1.807, 2.05) is 24.8 Å². The van der Waals surface area contributed by atoms with Gasteiger partial charge in [-0.1, -0.05) is 0 Å². The summed E-state index contributed by atoms with van der Waals surface area (Å²) in [6, 6.07) is 16.5. The number of H-pyrrole nitrogens is 8. The SMILES string of the molecule is c1c[nH]c(C2=c3ccc([nH]3)=C(c3ncc[nH]3)c3ccc([nH]3)C(c3ncc[nH]3)=c3ccc([nH]3)=C(c3ncc[nH]3)c3ccc2[nH]3)n1. The van der Waals surface area contributed by atoms with Gasteiger partial charge in [-0.15, -0.1) is 0 Å². The van der Waals surface area contributed by atoms with Gasteiger partial charge in [-0.3, -0.25) is 0 Å². The first-order valence-corrected chi connectivity index (χ1v) is 14.1. The van der Waals surface area contributed by atoms with Crippen molar-refractivity contribution in [3.63, 3.8) is 0 Å². The number of hydrogen-bond donors (Lipinski definition) is 8. The second kappa shape index (κ2) is 9.49. The molecule has 0 fully saturated rings. The molecule has 0 aromatic carbocycles. The molecule has 8 N–H and O–H groups in total. The fourth-order valence-corrected chi connectivity index (χ4v) is 5.96. The Bertz CT molecular complexity index is 2130. The molecule has 0 unspecified atom stereocenters. The summed E-state index contributed by atoms with van der Waals surface area (Å²) in [6.07, 6.45) is 14.3. The van der Waals surface area contributed by atoms with Crippen LogP contribution in [0.1, 0.15) is 46.1 Å². The van der Waals surface area contributed by atoms with Gasteiger partial charge in [-0.2, -0.15) is 0 Å². The van der Waals surface area contributed by atoms with E-state index in [1.165, 1.54) is 0 Å². The van der Waals surface area contributed by atoms with Gasteiger partial charge in [0, 0.05) is 49.6 Å². The van der Waals surface area contributed by atoms with E-state index in [0.717, 1.165) is 89.8 Å². The molecule has 1 aliphatic heterocycles. The Balaban J connectivity index is 1.44. The molecule has 8 bridgehead atoms. The molecule has 44 heavy (non-hydrogen) atoms. The molecule has 0 amide bonds. The van der Waals surface area contributed by atoms with Crippen molar-refractivity contribution in [2.24, 2.45) is 0 Å². The first kappa shape index (κ1) is 24.1. The zero-order chi connectivity index (χ0) is 29.0. The monoisotopic (exact) mass is 576 g/mol. The average Bonchev–Trinajstić information content (AvgIpc) is 3.90. The van der Waals surface area contributed by atoms with Crippen molar-refractivity contribution in [1.29, 1.82) is 0 Å². The summed E-state index contributed by atoms with van der Waals surface area (Å²) in [7, 11) is 0. The minimum absolute atomic E-state index is 0.731. The van der Waals surface area contributed by atoms with E-state index in [-0.39, 0.29) is 0 Å². The predicted octanol–water partition coefficient (Wildman–Crippen LogP) is 1.19. The van der Waals surface area contributed by atoms with E-state index in [9.17, 15) is 0 Å². The van der Waals surface area contributed by atoms with Crippen LogP contribution in [0.2, 0.25) is 0 Å². The molecule has 9 heterocycles. The first-order chi connectivity index (χ1) is 21.8. The average molecular weight is 577 g/mol. The maximum absolute atomic E-state index is 4.62. The van der Waals surface area contributed by atoms with Crippen LogP contribution in [0.25, 0.3) is 22.3 Å². The molecule has 0 saturated carbocycles. The molecular weight excluding hydrogens is 552 g/mol. The summed E-state index contributed by atoms with van der Waals surface area (Å²) in [4.78, 5) is 46.3. The standard InChI is InChI=1S/C32H24N12/c1-2-18-26(30-35-11-12-36-30)20-5-6-22(43-20)28(32-39-15-16-40-32)24-8-7-23(44-24)27(31-37-13-14-38-31)21-4-3-19(42-21)25(17(1)41-18)29-33-9-10-34-29/h1-16,41-44H,(H,33,34)(H,35,36)(H,37,38)(H,39,40). The molecule has 212 valence electrons. The van der Waals surface area contributed by atoms with Crippen LogP contribution in [-0.2, 0) is 0 Å². The van der Waals surface area contributed by atoms with Gasteiger partial charge in [-0.25, -0.2) is 19.9 Å². The summed E-state index contributed by atoms with van der Waals surface area (Å²) in [5, 5.41) is 3.54. The number of imidazole rings is 4. The fraction of sp³-hybridized carbons (Fsp3) is 0. The quantitative estimate of drug-likeness (QED) is 0.157. The number of fused-ring (bicyclic) bond motifs is 8. The maximum atomic E-state index is 4.62. The van der Waals surface area contributed by atoms with Crippen molar-refractivity contribution >= 4 is 22.3 Å². The van der Waals surface area contributed by atoms with Crippen LogP contribution >= 0.6 is 0 Å². The molecule has 0 atom stereocenters. The van der Waals surface area contributed by atoms with Gasteiger partial charge in [0.05, 0.1) is 66.5 Å². The molecule has 9 rings (SSSR count). The largest absolute Gasteiger partial charge is 0.354 e. The summed E-state index contributed by atoms with van der Waals surface area (Å²) in [5.74, 6) is 2.92. The topological polar surface area (TPSA) is 178 Å². The minimum atomic E-state index is 0.731. The van der Waals surface area contributed by atoms with Gasteiger partial charge >= 0.3 is 0 Å². The van der Waals surface area contributed by atoms with Crippen molar-refractivity contribution in [3.8, 4) is 0 Å². The second-order valence-corrected chi connectivity index (χ2v) is 10.4. The molecule has 0 spiro atoms. The summed E-state index contributed by atoms with van der Waals surface area (Å²) >= 11 is 0. The van der Waals surface area contributed by atoms with Crippen molar-refractivity contribution in [2.45, 2.75) is 0 Å². The van der Waals surface area contributed by atoms with E-state index < -0.39 is 0 Å². The number of aromatic amines is 8. The zero-order valence-electron chi connectivity index (χ0n) is 23.0. The third-order valence-corrected chi connectivity index (χ3v) is 7.84. The van der Waals surface area contributed by atoms with E-state index >= 15 is 0 Å². The number of aromatic nitrogens is 12. The Morgan fingerprint density at radius 1 is 0.318 bits per heavy atom. The predicted molar refractivity (Wildman–Crippen MR) is 162 cm³/mol. The Labute approximate surface area is 247 Å². The first-order valence-electron chi connectivity index (χ1n) is 14.1. The number of nitrogens with one attached hydrogen (secondary N) is 8. The molecular formula is C32H24N12. The Kier molecular flexibility index (Phi) is 5.19. The lowest BCUT2D eigenvalue weighted by Crippen LogP contribution is -2.20. The lowest BCUT2D eigenvalue weighted by atomic mass is 10.1. The van der Waals surface area contributed by atoms with Crippen LogP contribution in [0, 0.1) is 0 Å². The van der Waals surface area contributed by atoms with Crippen LogP contribution in [0.4, 0.5) is 0 Å². The van der Waals surface area contributed by atoms with Crippen LogP contribution in [-0.4, -0.2) is 59.8 Å². The van der Waals surface area contributed by atoms with Crippen molar-refractivity contribution < 1.29 is 0 Å². The third-order valence-electron chi connectivity index (χ3n) is 7.84. The van der Waals surface area contributed by atoms with Crippen LogP contribution in [0.5, 0.6) is 0 Å². The van der Waals surface area contributed by atoms with Crippen molar-refractivity contribution in [2.75, 3.05) is 0 Å². The van der Waals surface area contributed by atoms with Crippen LogP contribution in [0.3, 0.4) is 0 Å². The molecule has 12 nitrogen and oxygen atoms in total. The highest BCUT2D eigenvalue weighted by atomic mass is 14.9. The maximum Gasteiger partial charge on any atom is 0.141 e. The lowest BCUT2D eigenvalue weighted by Gasteiger charge is -2.06. The van der Waals surface area contributed by atoms with E-state index in [4.69, 9.17) is 0 Å². The zero-order valence-corrected chi connectivity index (χ0v) is 23.0. The van der Waals surface area contributed by atoms with Gasteiger partial charge in [0.15, 0.2) is 0 Å². The number of rotatable bonds is 4. The van der Waals surface area contributed by atoms with Crippen LogP contribution < -0.4 is 21.4 Å². The van der Waals surface area contributed by atoms with Gasteiger partial charge in [0.1, 0.15) is 23.3 Å². The van der Waals surface area contributed by atoms with Gasteiger partial charge in [-0.05, 0) is 48.5 Å². The molecule has 0 saturated heterocycles. The minimum Gasteiger partial charge on any atom is -0.354 e. The third kappa shape index (κ3) is 3.78. The van der Waals surface area contributed by atoms with E-state index in [0.29, 0.717) is 0 Å². The normalized spacial score (nSPS) is 13.3. The van der Waals surface area contributed by atoms with Gasteiger partial charge < -0.3 is 39.9 Å².